The van der Waals surface area contributed by atoms with Gasteiger partial charge in [-0.2, -0.15) is 0 Å². The molecule has 0 atom stereocenters. The summed E-state index contributed by atoms with van der Waals surface area (Å²) in [6.45, 7) is 4.67. The fourth-order valence-electron chi connectivity index (χ4n) is 2.50. The van der Waals surface area contributed by atoms with Gasteiger partial charge in [0.2, 0.25) is 5.91 Å². The summed E-state index contributed by atoms with van der Waals surface area (Å²) < 4.78 is 10.3. The average Bonchev–Trinajstić information content (AvgIpc) is 2.97. The van der Waals surface area contributed by atoms with E-state index in [1.807, 2.05) is 13.8 Å². The number of anilines is 1. The average molecular weight is 391 g/mol. The summed E-state index contributed by atoms with van der Waals surface area (Å²) in [7, 11) is 3.12. The maximum Gasteiger partial charge on any atom is 0.258 e. The van der Waals surface area contributed by atoms with Gasteiger partial charge < -0.3 is 19.7 Å². The van der Waals surface area contributed by atoms with Crippen molar-refractivity contribution >= 4 is 28.3 Å². The number of carbonyl (C=O) groups excluding carboxylic acids is 2. The third-order valence-corrected chi connectivity index (χ3v) is 5.00. The lowest BCUT2D eigenvalue weighted by molar-refractivity contribution is -0.116. The second kappa shape index (κ2) is 10.0. The molecule has 0 unspecified atom stereocenters. The number of hydrogen-bond acceptors (Lipinski definition) is 6. The van der Waals surface area contributed by atoms with Crippen molar-refractivity contribution in [1.29, 1.82) is 0 Å². The van der Waals surface area contributed by atoms with Gasteiger partial charge in [0, 0.05) is 25.1 Å². The first-order valence-corrected chi connectivity index (χ1v) is 9.43. The van der Waals surface area contributed by atoms with Crippen LogP contribution >= 0.6 is 11.3 Å². The number of para-hydroxylation sites is 1. The van der Waals surface area contributed by atoms with Gasteiger partial charge in [-0.1, -0.05) is 12.1 Å². The highest BCUT2D eigenvalue weighted by atomic mass is 32.1. The highest BCUT2D eigenvalue weighted by Gasteiger charge is 2.22. The largest absolute Gasteiger partial charge is 0.496 e. The molecule has 1 N–H and O–H groups in total. The zero-order chi connectivity index (χ0) is 19.8. The van der Waals surface area contributed by atoms with Crippen LogP contribution in [0.25, 0.3) is 0 Å². The Morgan fingerprint density at radius 3 is 2.59 bits per heavy atom. The number of aromatic nitrogens is 1. The van der Waals surface area contributed by atoms with Crippen molar-refractivity contribution in [3.05, 3.63) is 40.4 Å². The van der Waals surface area contributed by atoms with Crippen LogP contribution < -0.4 is 10.1 Å². The lowest BCUT2D eigenvalue weighted by Crippen LogP contribution is -2.39. The third-order valence-electron chi connectivity index (χ3n) is 4.01. The van der Waals surface area contributed by atoms with Crippen molar-refractivity contribution < 1.29 is 19.1 Å². The fourth-order valence-corrected chi connectivity index (χ4v) is 3.33. The second-order valence-corrected chi connectivity index (χ2v) is 7.19. The maximum absolute atomic E-state index is 13.0. The quantitative estimate of drug-likeness (QED) is 0.665. The molecule has 0 aliphatic rings. The van der Waals surface area contributed by atoms with Gasteiger partial charge in [0.25, 0.3) is 5.91 Å². The Kier molecular flexibility index (Phi) is 7.75. The molecular weight excluding hydrogens is 366 g/mol. The molecular formula is C19H25N3O4S. The van der Waals surface area contributed by atoms with E-state index in [2.05, 4.69) is 10.3 Å². The van der Waals surface area contributed by atoms with Crippen molar-refractivity contribution in [3.63, 3.8) is 0 Å². The van der Waals surface area contributed by atoms with Crippen molar-refractivity contribution in [2.24, 2.45) is 0 Å². The number of aryl methyl sites for hydroxylation is 2. The van der Waals surface area contributed by atoms with Gasteiger partial charge in [-0.05, 0) is 32.4 Å². The second-order valence-electron chi connectivity index (χ2n) is 5.98. The molecule has 0 bridgehead atoms. The monoisotopic (exact) mass is 391 g/mol. The van der Waals surface area contributed by atoms with E-state index in [9.17, 15) is 9.59 Å². The molecule has 0 fully saturated rings. The molecule has 0 spiro atoms. The normalized spacial score (nSPS) is 10.5. The minimum Gasteiger partial charge on any atom is -0.496 e. The van der Waals surface area contributed by atoms with E-state index in [1.54, 1.807) is 31.4 Å². The molecule has 1 aromatic carbocycles. The third kappa shape index (κ3) is 5.77. The van der Waals surface area contributed by atoms with Gasteiger partial charge in [-0.25, -0.2) is 4.98 Å². The topological polar surface area (TPSA) is 80.8 Å². The number of benzene rings is 1. The van der Waals surface area contributed by atoms with Crippen molar-refractivity contribution in [1.82, 2.24) is 9.88 Å². The molecule has 7 nitrogen and oxygen atoms in total. The van der Waals surface area contributed by atoms with E-state index in [-0.39, 0.29) is 18.4 Å². The number of rotatable bonds is 9. The van der Waals surface area contributed by atoms with Crippen LogP contribution in [0.3, 0.4) is 0 Å². The van der Waals surface area contributed by atoms with Crippen LogP contribution in [0.2, 0.25) is 0 Å². The summed E-state index contributed by atoms with van der Waals surface area (Å²) in [4.78, 5) is 32.3. The summed E-state index contributed by atoms with van der Waals surface area (Å²) in [5.74, 6) is -0.0690. The van der Waals surface area contributed by atoms with Gasteiger partial charge in [0.1, 0.15) is 12.3 Å². The van der Waals surface area contributed by atoms with Crippen molar-refractivity contribution in [2.75, 3.05) is 39.2 Å². The van der Waals surface area contributed by atoms with E-state index < -0.39 is 0 Å². The SMILES string of the molecule is COCCCN(CC(=O)Nc1nc(C)c(C)s1)C(=O)c1ccccc1OC. The molecule has 2 rings (SSSR count). The maximum atomic E-state index is 13.0. The first-order valence-electron chi connectivity index (χ1n) is 8.61. The zero-order valence-electron chi connectivity index (χ0n) is 16.1. The Morgan fingerprint density at radius 2 is 1.96 bits per heavy atom. The van der Waals surface area contributed by atoms with E-state index >= 15 is 0 Å². The summed E-state index contributed by atoms with van der Waals surface area (Å²) in [6.07, 6.45) is 0.625. The van der Waals surface area contributed by atoms with Crippen molar-refractivity contribution in [2.45, 2.75) is 20.3 Å². The first kappa shape index (κ1) is 20.9. The number of carbonyl (C=O) groups is 2. The lowest BCUT2D eigenvalue weighted by atomic mass is 10.1. The Bertz CT molecular complexity index is 772. The molecule has 8 heteroatoms. The van der Waals surface area contributed by atoms with Crippen LogP contribution in [0, 0.1) is 13.8 Å². The minimum atomic E-state index is -0.288. The summed E-state index contributed by atoms with van der Waals surface area (Å²) in [6, 6.07) is 6.98. The molecule has 0 radical (unpaired) electrons. The molecule has 2 amide bonds. The number of amides is 2. The lowest BCUT2D eigenvalue weighted by Gasteiger charge is -2.23. The molecule has 0 saturated heterocycles. The standard InChI is InChI=1S/C19H25N3O4S/c1-13-14(2)27-19(20-13)21-17(23)12-22(10-7-11-25-3)18(24)15-8-5-6-9-16(15)26-4/h5-6,8-9H,7,10-12H2,1-4H3,(H,20,21,23). The van der Waals surface area contributed by atoms with Gasteiger partial charge >= 0.3 is 0 Å². The Labute approximate surface area is 163 Å². The molecule has 27 heavy (non-hydrogen) atoms. The number of ether oxygens (including phenoxy) is 2. The molecule has 2 aromatic rings. The smallest absolute Gasteiger partial charge is 0.258 e. The van der Waals surface area contributed by atoms with Crippen LogP contribution in [0.1, 0.15) is 27.3 Å². The molecule has 0 saturated carbocycles. The number of nitrogens with one attached hydrogen (secondary N) is 1. The number of methoxy groups -OCH3 is 2. The fraction of sp³-hybridized carbons (Fsp3) is 0.421. The van der Waals surface area contributed by atoms with Crippen LogP contribution in [0.5, 0.6) is 5.75 Å². The minimum absolute atomic E-state index is 0.0712. The van der Waals surface area contributed by atoms with Crippen LogP contribution in [0.15, 0.2) is 24.3 Å². The molecule has 146 valence electrons. The van der Waals surface area contributed by atoms with Crippen molar-refractivity contribution in [3.8, 4) is 5.75 Å². The summed E-state index contributed by atoms with van der Waals surface area (Å²) in [5.41, 5.74) is 1.31. The Balaban J connectivity index is 2.12. The summed E-state index contributed by atoms with van der Waals surface area (Å²) in [5, 5.41) is 3.31. The van der Waals surface area contributed by atoms with Gasteiger partial charge in [0.15, 0.2) is 5.13 Å². The molecule has 1 aromatic heterocycles. The molecule has 0 aliphatic heterocycles. The van der Waals surface area contributed by atoms with Gasteiger partial charge in [-0.15, -0.1) is 11.3 Å². The van der Waals surface area contributed by atoms with E-state index in [4.69, 9.17) is 9.47 Å². The zero-order valence-corrected chi connectivity index (χ0v) is 16.9. The van der Waals surface area contributed by atoms with E-state index in [0.717, 1.165) is 10.6 Å². The highest BCUT2D eigenvalue weighted by molar-refractivity contribution is 7.15. The van der Waals surface area contributed by atoms with Gasteiger partial charge in [0.05, 0.1) is 18.4 Å². The van der Waals surface area contributed by atoms with E-state index in [0.29, 0.717) is 36.0 Å². The Hall–Kier alpha value is -2.45. The number of hydrogen-bond donors (Lipinski definition) is 1. The van der Waals surface area contributed by atoms with Gasteiger partial charge in [-0.3, -0.25) is 9.59 Å². The van der Waals surface area contributed by atoms with E-state index in [1.165, 1.54) is 23.3 Å². The highest BCUT2D eigenvalue weighted by Crippen LogP contribution is 2.22. The van der Waals surface area contributed by atoms with Crippen LogP contribution in [-0.2, 0) is 9.53 Å². The number of nitrogens with zero attached hydrogens (tertiary/aromatic N) is 2. The summed E-state index contributed by atoms with van der Waals surface area (Å²) >= 11 is 1.42. The Morgan fingerprint density at radius 1 is 1.22 bits per heavy atom. The molecule has 1 heterocycles. The van der Waals surface area contributed by atoms with Crippen LogP contribution in [-0.4, -0.2) is 55.6 Å². The van der Waals surface area contributed by atoms with Crippen LogP contribution in [0.4, 0.5) is 5.13 Å². The predicted molar refractivity (Wildman–Crippen MR) is 106 cm³/mol. The molecule has 0 aliphatic carbocycles. The number of thiazole rings is 1. The predicted octanol–water partition coefficient (Wildman–Crippen LogP) is 2.89. The first-order chi connectivity index (χ1) is 13.0.